The van der Waals surface area contributed by atoms with Crippen molar-refractivity contribution in [2.75, 3.05) is 5.75 Å². The summed E-state index contributed by atoms with van der Waals surface area (Å²) >= 11 is 0. The van der Waals surface area contributed by atoms with Gasteiger partial charge in [-0.3, -0.25) is 19.4 Å². The molecule has 1 aromatic heterocycles. The zero-order chi connectivity index (χ0) is 28.6. The number of carboxylic acid groups (broad SMARTS) is 2. The third-order valence-electron chi connectivity index (χ3n) is 5.85. The molecular weight excluding hydrogens is 528 g/mol. The molecule has 0 fully saturated rings. The van der Waals surface area contributed by atoms with Crippen LogP contribution < -0.4 is 16.4 Å². The van der Waals surface area contributed by atoms with Crippen molar-refractivity contribution < 1.29 is 37.8 Å². The number of nitrogens with one attached hydrogen (secondary N) is 2. The van der Waals surface area contributed by atoms with Gasteiger partial charge in [0.1, 0.15) is 12.1 Å². The largest absolute Gasteiger partial charge is 0.480 e. The van der Waals surface area contributed by atoms with Crippen LogP contribution in [-0.4, -0.2) is 65.2 Å². The molecule has 2 amide bonds. The van der Waals surface area contributed by atoms with Crippen LogP contribution in [0.5, 0.6) is 0 Å². The molecule has 1 heterocycles. The molecule has 0 spiro atoms. The van der Waals surface area contributed by atoms with Gasteiger partial charge in [-0.15, -0.1) is 0 Å². The van der Waals surface area contributed by atoms with Gasteiger partial charge in [0.25, 0.3) is 0 Å². The number of rotatable bonds is 13. The molecule has 0 aliphatic carbocycles. The summed E-state index contributed by atoms with van der Waals surface area (Å²) in [4.78, 5) is 52.7. The van der Waals surface area contributed by atoms with Gasteiger partial charge in [-0.05, 0) is 23.4 Å². The van der Waals surface area contributed by atoms with Crippen LogP contribution in [0.1, 0.15) is 30.1 Å². The van der Waals surface area contributed by atoms with E-state index in [0.29, 0.717) is 5.39 Å². The fourth-order valence-electron chi connectivity index (χ4n) is 3.85. The van der Waals surface area contributed by atoms with Gasteiger partial charge >= 0.3 is 11.9 Å². The third-order valence-corrected chi connectivity index (χ3v) is 7.41. The summed E-state index contributed by atoms with van der Waals surface area (Å²) in [5.41, 5.74) is 5.91. The molecule has 13 heteroatoms. The highest BCUT2D eigenvalue weighted by atomic mass is 32.2. The number of carbonyl (C=O) groups is 4. The van der Waals surface area contributed by atoms with E-state index >= 15 is 0 Å². The Kier molecular flexibility index (Phi) is 9.68. The zero-order valence-corrected chi connectivity index (χ0v) is 21.5. The fraction of sp³-hybridized carbons (Fsp3) is 0.269. The summed E-state index contributed by atoms with van der Waals surface area (Å²) in [6.45, 7) is 0. The molecule has 0 radical (unpaired) electrons. The Hall–Kier alpha value is -4.36. The Morgan fingerprint density at radius 3 is 2.23 bits per heavy atom. The Balaban J connectivity index is 1.84. The predicted octanol–water partition coefficient (Wildman–Crippen LogP) is 0.769. The molecule has 206 valence electrons. The van der Waals surface area contributed by atoms with Gasteiger partial charge in [-0.1, -0.05) is 54.6 Å². The number of aliphatic carboxylic acids is 2. The highest BCUT2D eigenvalue weighted by molar-refractivity contribution is 7.90. The number of hydrogen-bond acceptors (Lipinski definition) is 8. The van der Waals surface area contributed by atoms with Crippen LogP contribution in [0.4, 0.5) is 0 Å². The van der Waals surface area contributed by atoms with Crippen molar-refractivity contribution in [1.29, 1.82) is 0 Å². The number of aromatic nitrogens is 1. The predicted molar refractivity (Wildman–Crippen MR) is 141 cm³/mol. The maximum atomic E-state index is 13.2. The van der Waals surface area contributed by atoms with Crippen LogP contribution in [-0.2, 0) is 34.8 Å². The lowest BCUT2D eigenvalue weighted by Crippen LogP contribution is -2.52. The number of pyridine rings is 1. The number of carboxylic acids is 2. The van der Waals surface area contributed by atoms with Crippen LogP contribution in [0.25, 0.3) is 10.8 Å². The van der Waals surface area contributed by atoms with Gasteiger partial charge in [0.05, 0.1) is 17.2 Å². The van der Waals surface area contributed by atoms with Crippen LogP contribution in [0.3, 0.4) is 0 Å². The first kappa shape index (κ1) is 29.2. The fourth-order valence-corrected chi connectivity index (χ4v) is 5.36. The molecule has 0 saturated carbocycles. The Bertz CT molecular complexity index is 1460. The van der Waals surface area contributed by atoms with Crippen molar-refractivity contribution in [3.63, 3.8) is 0 Å². The SMILES string of the molecule is N[C@@H](CCC(=O)N[C@@H](CS(=O)(=O)Cc1nccc2ccccc12)C(=O)N[C@@H](C(=O)O)c1ccccc1)C(=O)O. The van der Waals surface area contributed by atoms with E-state index in [1.165, 1.54) is 18.3 Å². The first-order chi connectivity index (χ1) is 18.5. The molecule has 3 atom stereocenters. The molecule has 0 aliphatic heterocycles. The lowest BCUT2D eigenvalue weighted by molar-refractivity contribution is -0.142. The molecule has 3 rings (SSSR count). The van der Waals surface area contributed by atoms with Gasteiger partial charge in [0.2, 0.25) is 11.8 Å². The van der Waals surface area contributed by atoms with E-state index < -0.39 is 69.6 Å². The molecule has 0 unspecified atom stereocenters. The number of sulfone groups is 1. The van der Waals surface area contributed by atoms with E-state index in [4.69, 9.17) is 10.8 Å². The zero-order valence-electron chi connectivity index (χ0n) is 20.7. The average Bonchev–Trinajstić information content (AvgIpc) is 2.90. The van der Waals surface area contributed by atoms with Crippen molar-refractivity contribution in [2.24, 2.45) is 5.73 Å². The standard InChI is InChI=1S/C26H28N4O8S/c27-19(25(33)34)10-11-22(31)29-21(24(32)30-23(26(35)36)17-7-2-1-3-8-17)15-39(37,38)14-20-18-9-5-4-6-16(18)12-13-28-20/h1-9,12-13,19,21,23H,10-11,14-15,27H2,(H,29,31)(H,30,32)(H,33,34)(H,35,36)/t19-,21-,23+/m0/s1. The van der Waals surface area contributed by atoms with E-state index in [2.05, 4.69) is 15.6 Å². The van der Waals surface area contributed by atoms with Crippen molar-refractivity contribution in [3.05, 3.63) is 78.1 Å². The van der Waals surface area contributed by atoms with Gasteiger partial charge in [-0.2, -0.15) is 0 Å². The quantitative estimate of drug-likeness (QED) is 0.200. The summed E-state index contributed by atoms with van der Waals surface area (Å²) in [5.74, 6) is -5.99. The van der Waals surface area contributed by atoms with E-state index in [1.54, 1.807) is 48.5 Å². The number of hydrogen-bond donors (Lipinski definition) is 5. The van der Waals surface area contributed by atoms with E-state index in [9.17, 15) is 32.7 Å². The van der Waals surface area contributed by atoms with Crippen molar-refractivity contribution in [3.8, 4) is 0 Å². The maximum absolute atomic E-state index is 13.2. The molecule has 39 heavy (non-hydrogen) atoms. The molecule has 0 saturated heterocycles. The number of benzene rings is 2. The minimum Gasteiger partial charge on any atom is -0.480 e. The first-order valence-electron chi connectivity index (χ1n) is 11.9. The van der Waals surface area contributed by atoms with Gasteiger partial charge in [0.15, 0.2) is 15.9 Å². The minimum absolute atomic E-state index is 0.235. The highest BCUT2D eigenvalue weighted by Gasteiger charge is 2.32. The number of amides is 2. The summed E-state index contributed by atoms with van der Waals surface area (Å²) in [6, 6.07) is 12.0. The monoisotopic (exact) mass is 556 g/mol. The number of fused-ring (bicyclic) bond motifs is 1. The second-order valence-corrected chi connectivity index (χ2v) is 10.9. The Morgan fingerprint density at radius 2 is 1.56 bits per heavy atom. The van der Waals surface area contributed by atoms with Gasteiger partial charge in [0, 0.05) is 18.0 Å². The second kappa shape index (κ2) is 12.9. The van der Waals surface area contributed by atoms with E-state index in [1.807, 2.05) is 0 Å². The topological polar surface area (TPSA) is 206 Å². The number of carbonyl (C=O) groups excluding carboxylic acids is 2. The van der Waals surface area contributed by atoms with Crippen LogP contribution in [0.2, 0.25) is 0 Å². The van der Waals surface area contributed by atoms with E-state index in [-0.39, 0.29) is 17.7 Å². The lowest BCUT2D eigenvalue weighted by atomic mass is 10.1. The Morgan fingerprint density at radius 1 is 0.897 bits per heavy atom. The molecule has 6 N–H and O–H groups in total. The number of nitrogens with two attached hydrogens (primary N) is 1. The average molecular weight is 557 g/mol. The normalized spacial score (nSPS) is 13.7. The van der Waals surface area contributed by atoms with Gasteiger partial charge < -0.3 is 26.6 Å². The van der Waals surface area contributed by atoms with Gasteiger partial charge in [-0.25, -0.2) is 13.2 Å². The lowest BCUT2D eigenvalue weighted by Gasteiger charge is -2.22. The van der Waals surface area contributed by atoms with Crippen molar-refractivity contribution >= 4 is 44.4 Å². The molecular formula is C26H28N4O8S. The minimum atomic E-state index is -4.09. The Labute approximate surface area is 224 Å². The van der Waals surface area contributed by atoms with Crippen LogP contribution in [0.15, 0.2) is 66.9 Å². The molecule has 3 aromatic rings. The summed E-state index contributed by atoms with van der Waals surface area (Å²) in [5, 5.41) is 24.5. The van der Waals surface area contributed by atoms with Crippen LogP contribution >= 0.6 is 0 Å². The van der Waals surface area contributed by atoms with Crippen molar-refractivity contribution in [1.82, 2.24) is 15.6 Å². The molecule has 0 bridgehead atoms. The second-order valence-electron chi connectivity index (χ2n) is 8.83. The maximum Gasteiger partial charge on any atom is 0.330 e. The smallest absolute Gasteiger partial charge is 0.330 e. The number of nitrogens with zero attached hydrogens (tertiary/aromatic N) is 1. The highest BCUT2D eigenvalue weighted by Crippen LogP contribution is 2.19. The van der Waals surface area contributed by atoms with E-state index in [0.717, 1.165) is 5.39 Å². The summed E-state index contributed by atoms with van der Waals surface area (Å²) in [6.07, 6.45) is 0.801. The third kappa shape index (κ3) is 8.32. The van der Waals surface area contributed by atoms with Crippen LogP contribution in [0, 0.1) is 0 Å². The summed E-state index contributed by atoms with van der Waals surface area (Å²) < 4.78 is 26.4. The first-order valence-corrected chi connectivity index (χ1v) is 13.7. The summed E-state index contributed by atoms with van der Waals surface area (Å²) in [7, 11) is -4.09. The van der Waals surface area contributed by atoms with Crippen molar-refractivity contribution in [2.45, 2.75) is 36.7 Å². The molecule has 2 aromatic carbocycles. The molecule has 12 nitrogen and oxygen atoms in total. The molecule has 0 aliphatic rings.